The van der Waals surface area contributed by atoms with Crippen LogP contribution in [0.5, 0.6) is 0 Å². The zero-order valence-electron chi connectivity index (χ0n) is 18.8. The van der Waals surface area contributed by atoms with Crippen LogP contribution in [-0.2, 0) is 9.53 Å². The third-order valence-corrected chi connectivity index (χ3v) is 10.8. The molecule has 1 heterocycles. The molecule has 0 saturated heterocycles. The monoisotopic (exact) mass is 402 g/mol. The van der Waals surface area contributed by atoms with Crippen molar-refractivity contribution in [1.29, 1.82) is 0 Å². The van der Waals surface area contributed by atoms with Gasteiger partial charge in [-0.2, -0.15) is 0 Å². The molecule has 3 saturated carbocycles. The number of carbonyl (C=O) groups excluding carboxylic acids is 1. The second-order valence-corrected chi connectivity index (χ2v) is 12.3. The first-order valence-corrected chi connectivity index (χ1v) is 11.8. The molecular weight excluding hydrogens is 364 g/mol. The molecule has 3 fully saturated rings. The van der Waals surface area contributed by atoms with Gasteiger partial charge in [-0.15, -0.1) is 0 Å². The lowest BCUT2D eigenvalue weighted by atomic mass is 9.35. The lowest BCUT2D eigenvalue weighted by Crippen LogP contribution is -2.65. The lowest BCUT2D eigenvalue weighted by Gasteiger charge is -2.69. The molecule has 0 radical (unpaired) electrons. The van der Waals surface area contributed by atoms with Gasteiger partial charge in [-0.05, 0) is 78.9 Å². The van der Waals surface area contributed by atoms with Crippen LogP contribution < -0.4 is 0 Å². The largest absolute Gasteiger partial charge is 0.428 e. The maximum Gasteiger partial charge on any atom is 0.337 e. The van der Waals surface area contributed by atoms with E-state index >= 15 is 0 Å². The van der Waals surface area contributed by atoms with Crippen LogP contribution in [0.15, 0.2) is 11.1 Å². The van der Waals surface area contributed by atoms with Crippen molar-refractivity contribution < 1.29 is 19.7 Å². The van der Waals surface area contributed by atoms with Crippen LogP contribution in [-0.4, -0.2) is 28.6 Å². The summed E-state index contributed by atoms with van der Waals surface area (Å²) in [5.74, 6) is 1.03. The Morgan fingerprint density at radius 3 is 2.31 bits per heavy atom. The number of cyclic esters (lactones) is 1. The van der Waals surface area contributed by atoms with Gasteiger partial charge >= 0.3 is 5.97 Å². The van der Waals surface area contributed by atoms with Crippen molar-refractivity contribution in [3.05, 3.63) is 11.1 Å². The van der Waals surface area contributed by atoms with Gasteiger partial charge in [0, 0.05) is 11.0 Å². The number of carbonyl (C=O) groups is 1. The van der Waals surface area contributed by atoms with E-state index in [1.54, 1.807) is 0 Å². The first kappa shape index (κ1) is 20.1. The fourth-order valence-corrected chi connectivity index (χ4v) is 9.60. The van der Waals surface area contributed by atoms with Gasteiger partial charge in [-0.1, -0.05) is 41.0 Å². The van der Waals surface area contributed by atoms with Crippen molar-refractivity contribution in [2.75, 3.05) is 0 Å². The summed E-state index contributed by atoms with van der Waals surface area (Å²) < 4.78 is 5.20. The van der Waals surface area contributed by atoms with Gasteiger partial charge in [0.15, 0.2) is 0 Å². The number of aliphatic hydroxyl groups excluding tert-OH is 2. The normalized spacial score (nSPS) is 53.5. The number of hydrogen-bond acceptors (Lipinski definition) is 4. The number of rotatable bonds is 0. The minimum Gasteiger partial charge on any atom is -0.428 e. The average molecular weight is 403 g/mol. The van der Waals surface area contributed by atoms with E-state index in [2.05, 4.69) is 34.6 Å². The molecule has 0 spiro atoms. The summed E-state index contributed by atoms with van der Waals surface area (Å²) >= 11 is 0. The van der Waals surface area contributed by atoms with Crippen LogP contribution >= 0.6 is 0 Å². The average Bonchev–Trinajstić information content (AvgIpc) is 2.91. The molecule has 5 aliphatic rings. The van der Waals surface area contributed by atoms with Crippen molar-refractivity contribution in [1.82, 2.24) is 0 Å². The fraction of sp³-hybridized carbons (Fsp3) is 0.880. The Bertz CT molecular complexity index is 784. The van der Waals surface area contributed by atoms with E-state index in [4.69, 9.17) is 4.74 Å². The van der Waals surface area contributed by atoms with Crippen molar-refractivity contribution in [2.24, 2.45) is 39.4 Å². The number of esters is 1. The Labute approximate surface area is 175 Å². The first-order chi connectivity index (χ1) is 13.5. The molecule has 29 heavy (non-hydrogen) atoms. The van der Waals surface area contributed by atoms with Crippen LogP contribution in [0.1, 0.15) is 86.0 Å². The number of hydrogen-bond donors (Lipinski definition) is 2. The summed E-state index contributed by atoms with van der Waals surface area (Å²) in [7, 11) is 0. The zero-order valence-corrected chi connectivity index (χ0v) is 18.8. The van der Waals surface area contributed by atoms with E-state index in [-0.39, 0.29) is 16.7 Å². The van der Waals surface area contributed by atoms with E-state index < -0.39 is 23.8 Å². The SMILES string of the molecule is CC1(C)CCC[C@@]2(C)C1CC[C@]1(C)C2C[C@@H](O)[C@]2(C)C3=C(CCC12)C(O)OC3=O. The number of fused-ring (bicyclic) bond motifs is 6. The van der Waals surface area contributed by atoms with Crippen LogP contribution in [0.3, 0.4) is 0 Å². The van der Waals surface area contributed by atoms with Gasteiger partial charge in [0.25, 0.3) is 0 Å². The predicted molar refractivity (Wildman–Crippen MR) is 111 cm³/mol. The topological polar surface area (TPSA) is 66.8 Å². The van der Waals surface area contributed by atoms with Gasteiger partial charge in [-0.3, -0.25) is 0 Å². The van der Waals surface area contributed by atoms with E-state index in [0.29, 0.717) is 29.2 Å². The highest BCUT2D eigenvalue weighted by Crippen LogP contribution is 2.73. The second kappa shape index (κ2) is 5.88. The summed E-state index contributed by atoms with van der Waals surface area (Å²) in [6.07, 6.45) is 6.99. The number of aliphatic hydroxyl groups is 2. The highest BCUT2D eigenvalue weighted by Gasteiger charge is 2.69. The Morgan fingerprint density at radius 1 is 0.897 bits per heavy atom. The molecule has 162 valence electrons. The third-order valence-electron chi connectivity index (χ3n) is 10.8. The summed E-state index contributed by atoms with van der Waals surface area (Å²) in [5, 5.41) is 21.8. The standard InChI is InChI=1S/C25H38O4/c1-22(2)10-6-11-23(3)15(22)9-12-24(4)16-8-7-14-19(21(28)29-20(14)27)25(16,5)18(26)13-17(23)24/h15-18,20,26-27H,6-13H2,1-5H3/t15?,16?,17?,18-,20?,23+,24+,25-/m1/s1. The molecule has 0 bridgehead atoms. The van der Waals surface area contributed by atoms with Gasteiger partial charge < -0.3 is 14.9 Å². The highest BCUT2D eigenvalue weighted by atomic mass is 16.6. The molecule has 2 N–H and O–H groups in total. The Kier molecular flexibility index (Phi) is 4.07. The molecule has 4 unspecified atom stereocenters. The molecule has 5 rings (SSSR count). The fourth-order valence-electron chi connectivity index (χ4n) is 9.60. The molecule has 0 aromatic carbocycles. The zero-order chi connectivity index (χ0) is 21.0. The molecule has 0 aromatic heterocycles. The molecular formula is C25H38O4. The quantitative estimate of drug-likeness (QED) is 0.582. The van der Waals surface area contributed by atoms with E-state index in [1.165, 1.54) is 32.1 Å². The van der Waals surface area contributed by atoms with Crippen LogP contribution in [0.4, 0.5) is 0 Å². The molecule has 0 aromatic rings. The van der Waals surface area contributed by atoms with Gasteiger partial charge in [0.05, 0.1) is 11.7 Å². The Morgan fingerprint density at radius 2 is 1.59 bits per heavy atom. The van der Waals surface area contributed by atoms with Crippen molar-refractivity contribution in [2.45, 2.75) is 98.4 Å². The number of ether oxygens (including phenoxy) is 1. The smallest absolute Gasteiger partial charge is 0.337 e. The lowest BCUT2D eigenvalue weighted by molar-refractivity contribution is -0.217. The van der Waals surface area contributed by atoms with Gasteiger partial charge in [0.2, 0.25) is 6.29 Å². The van der Waals surface area contributed by atoms with Crippen LogP contribution in [0.2, 0.25) is 0 Å². The molecule has 4 aliphatic carbocycles. The summed E-state index contributed by atoms with van der Waals surface area (Å²) in [5.41, 5.74) is 1.45. The molecule has 1 aliphatic heterocycles. The van der Waals surface area contributed by atoms with Crippen molar-refractivity contribution >= 4 is 5.97 Å². The Hall–Kier alpha value is -0.870. The molecule has 4 heteroatoms. The second-order valence-electron chi connectivity index (χ2n) is 12.3. The van der Waals surface area contributed by atoms with E-state index in [9.17, 15) is 15.0 Å². The van der Waals surface area contributed by atoms with Gasteiger partial charge in [-0.25, -0.2) is 4.79 Å². The maximum absolute atomic E-state index is 12.7. The first-order valence-electron chi connectivity index (χ1n) is 11.8. The molecule has 8 atom stereocenters. The van der Waals surface area contributed by atoms with E-state index in [1.807, 2.05) is 0 Å². The van der Waals surface area contributed by atoms with Crippen LogP contribution in [0.25, 0.3) is 0 Å². The Balaban J connectivity index is 1.61. The maximum atomic E-state index is 12.7. The van der Waals surface area contributed by atoms with Crippen LogP contribution in [0, 0.1) is 39.4 Å². The van der Waals surface area contributed by atoms with Crippen molar-refractivity contribution in [3.8, 4) is 0 Å². The highest BCUT2D eigenvalue weighted by molar-refractivity contribution is 5.94. The molecule has 4 nitrogen and oxygen atoms in total. The summed E-state index contributed by atoms with van der Waals surface area (Å²) in [6, 6.07) is 0. The minimum absolute atomic E-state index is 0.110. The van der Waals surface area contributed by atoms with Crippen molar-refractivity contribution in [3.63, 3.8) is 0 Å². The minimum atomic E-state index is -1.11. The summed E-state index contributed by atoms with van der Waals surface area (Å²) in [4.78, 5) is 12.7. The third kappa shape index (κ3) is 2.31. The molecule has 0 amide bonds. The summed E-state index contributed by atoms with van der Waals surface area (Å²) in [6.45, 7) is 12.0. The predicted octanol–water partition coefficient (Wildman–Crippen LogP) is 4.59. The van der Waals surface area contributed by atoms with Gasteiger partial charge in [0.1, 0.15) is 0 Å². The van der Waals surface area contributed by atoms with E-state index in [0.717, 1.165) is 18.4 Å².